The van der Waals surface area contributed by atoms with Crippen molar-refractivity contribution in [3.05, 3.63) is 52.2 Å². The van der Waals surface area contributed by atoms with Gasteiger partial charge in [0, 0.05) is 16.6 Å². The van der Waals surface area contributed by atoms with Gasteiger partial charge in [0.05, 0.1) is 5.56 Å². The summed E-state index contributed by atoms with van der Waals surface area (Å²) < 4.78 is 38.8. The van der Waals surface area contributed by atoms with Crippen molar-refractivity contribution in [1.82, 2.24) is 5.32 Å². The predicted octanol–water partition coefficient (Wildman–Crippen LogP) is 4.92. The van der Waals surface area contributed by atoms with Crippen LogP contribution in [0.4, 0.5) is 18.9 Å². The van der Waals surface area contributed by atoms with Gasteiger partial charge in [-0.3, -0.25) is 14.5 Å². The van der Waals surface area contributed by atoms with Gasteiger partial charge < -0.3 is 5.32 Å². The monoisotopic (exact) mass is 434 g/mol. The summed E-state index contributed by atoms with van der Waals surface area (Å²) in [5, 5.41) is 4.76. The molecule has 1 aliphatic carbocycles. The number of anilines is 1. The molecular formula is C22H21F3N2O2S. The number of alkyl halides is 3. The number of hydrogen-bond donors (Lipinski definition) is 1. The molecule has 0 saturated heterocycles. The molecule has 1 saturated carbocycles. The van der Waals surface area contributed by atoms with Crippen LogP contribution in [0.5, 0.6) is 0 Å². The molecule has 2 aromatic rings. The second kappa shape index (κ2) is 9.35. The Morgan fingerprint density at radius 3 is 2.33 bits per heavy atom. The van der Waals surface area contributed by atoms with Crippen LogP contribution in [-0.4, -0.2) is 17.9 Å². The molecule has 1 heterocycles. The first-order chi connectivity index (χ1) is 14.3. The zero-order chi connectivity index (χ0) is 21.7. The SMILES string of the molecule is C#CC(=O)N(c1ccc(C(F)(F)F)cc1)C(C(=O)NC1CCCCC1)c1cccs1. The van der Waals surface area contributed by atoms with Gasteiger partial charge in [-0.25, -0.2) is 0 Å². The van der Waals surface area contributed by atoms with E-state index in [1.54, 1.807) is 17.5 Å². The van der Waals surface area contributed by atoms with Gasteiger partial charge in [0.2, 0.25) is 5.91 Å². The summed E-state index contributed by atoms with van der Waals surface area (Å²) >= 11 is 1.28. The van der Waals surface area contributed by atoms with Crippen LogP contribution in [0.3, 0.4) is 0 Å². The number of nitrogens with one attached hydrogen (secondary N) is 1. The van der Waals surface area contributed by atoms with Crippen molar-refractivity contribution in [3.63, 3.8) is 0 Å². The fourth-order valence-corrected chi connectivity index (χ4v) is 4.42. The minimum Gasteiger partial charge on any atom is -0.351 e. The lowest BCUT2D eigenvalue weighted by atomic mass is 9.95. The quantitative estimate of drug-likeness (QED) is 0.679. The maximum absolute atomic E-state index is 13.2. The first kappa shape index (κ1) is 21.9. The Hall–Kier alpha value is -2.79. The second-order valence-electron chi connectivity index (χ2n) is 7.13. The Labute approximate surface area is 177 Å². The number of halogens is 3. The van der Waals surface area contributed by atoms with Gasteiger partial charge in [-0.2, -0.15) is 13.2 Å². The molecule has 1 aromatic carbocycles. The molecule has 3 rings (SSSR count). The number of terminal acetylenes is 1. The molecule has 1 atom stereocenters. The molecule has 0 radical (unpaired) electrons. The van der Waals surface area contributed by atoms with Gasteiger partial charge in [-0.15, -0.1) is 17.8 Å². The average molecular weight is 434 g/mol. The maximum atomic E-state index is 13.2. The molecule has 2 amide bonds. The number of benzene rings is 1. The van der Waals surface area contributed by atoms with Crippen LogP contribution < -0.4 is 10.2 Å². The molecule has 1 aromatic heterocycles. The van der Waals surface area contributed by atoms with Crippen molar-refractivity contribution in [1.29, 1.82) is 0 Å². The molecule has 0 bridgehead atoms. The molecular weight excluding hydrogens is 413 g/mol. The van der Waals surface area contributed by atoms with Crippen LogP contribution in [0.25, 0.3) is 0 Å². The van der Waals surface area contributed by atoms with Crippen LogP contribution in [0.2, 0.25) is 0 Å². The van der Waals surface area contributed by atoms with Gasteiger partial charge in [-0.1, -0.05) is 25.3 Å². The van der Waals surface area contributed by atoms with E-state index in [0.717, 1.165) is 61.3 Å². The minimum absolute atomic E-state index is 0.00380. The number of carbonyl (C=O) groups is 2. The molecule has 8 heteroatoms. The molecule has 4 nitrogen and oxygen atoms in total. The van der Waals surface area contributed by atoms with E-state index in [-0.39, 0.29) is 11.7 Å². The largest absolute Gasteiger partial charge is 0.416 e. The Bertz CT molecular complexity index is 911. The third-order valence-corrected chi connectivity index (χ3v) is 6.01. The summed E-state index contributed by atoms with van der Waals surface area (Å²) in [7, 11) is 0. The molecule has 1 fully saturated rings. The predicted molar refractivity (Wildman–Crippen MR) is 110 cm³/mol. The Kier molecular flexibility index (Phi) is 6.83. The maximum Gasteiger partial charge on any atom is 0.416 e. The van der Waals surface area contributed by atoms with Gasteiger partial charge in [0.1, 0.15) is 0 Å². The number of hydrogen-bond acceptors (Lipinski definition) is 3. The van der Waals surface area contributed by atoms with Gasteiger partial charge >= 0.3 is 12.1 Å². The Morgan fingerprint density at radius 2 is 1.80 bits per heavy atom. The van der Waals surface area contributed by atoms with Crippen molar-refractivity contribution < 1.29 is 22.8 Å². The van der Waals surface area contributed by atoms with E-state index in [1.807, 2.05) is 5.92 Å². The molecule has 30 heavy (non-hydrogen) atoms. The van der Waals surface area contributed by atoms with E-state index in [1.165, 1.54) is 11.3 Å². The summed E-state index contributed by atoms with van der Waals surface area (Å²) in [6.07, 6.45) is 5.68. The number of amides is 2. The van der Waals surface area contributed by atoms with Crippen LogP contribution in [0, 0.1) is 12.3 Å². The highest BCUT2D eigenvalue weighted by Gasteiger charge is 2.35. The van der Waals surface area contributed by atoms with Crippen molar-refractivity contribution in [2.45, 2.75) is 50.4 Å². The van der Waals surface area contributed by atoms with Gasteiger partial charge in [0.25, 0.3) is 0 Å². The van der Waals surface area contributed by atoms with Crippen molar-refractivity contribution in [3.8, 4) is 12.3 Å². The van der Waals surface area contributed by atoms with Gasteiger partial charge in [-0.05, 0) is 54.5 Å². The highest BCUT2D eigenvalue weighted by atomic mass is 32.1. The molecule has 1 unspecified atom stereocenters. The summed E-state index contributed by atoms with van der Waals surface area (Å²) in [5.74, 6) is 0.804. The van der Waals surface area contributed by atoms with Crippen LogP contribution in [0.15, 0.2) is 41.8 Å². The first-order valence-corrected chi connectivity index (χ1v) is 10.5. The minimum atomic E-state index is -4.51. The average Bonchev–Trinajstić information content (AvgIpc) is 3.25. The highest BCUT2D eigenvalue weighted by molar-refractivity contribution is 7.10. The van der Waals surface area contributed by atoms with Crippen molar-refractivity contribution in [2.75, 3.05) is 4.90 Å². The van der Waals surface area contributed by atoms with Crippen molar-refractivity contribution in [2.24, 2.45) is 0 Å². The first-order valence-electron chi connectivity index (χ1n) is 9.62. The number of nitrogens with zero attached hydrogens (tertiary/aromatic N) is 1. The lowest BCUT2D eigenvalue weighted by molar-refractivity contribution is -0.137. The standard InChI is InChI=1S/C22H21F3N2O2S/c1-2-19(28)27(17-12-10-15(11-13-17)22(23,24)25)20(18-9-6-14-30-18)21(29)26-16-7-4-3-5-8-16/h1,6,9-14,16,20H,3-5,7-8H2,(H,26,29). The number of thiophene rings is 1. The number of rotatable bonds is 5. The number of carbonyl (C=O) groups excluding carboxylic acids is 2. The molecule has 0 spiro atoms. The second-order valence-corrected chi connectivity index (χ2v) is 8.10. The summed E-state index contributed by atoms with van der Waals surface area (Å²) in [6, 6.07) is 6.45. The summed E-state index contributed by atoms with van der Waals surface area (Å²) in [4.78, 5) is 27.5. The van der Waals surface area contributed by atoms with E-state index in [0.29, 0.717) is 4.88 Å². The topological polar surface area (TPSA) is 49.4 Å². The fraction of sp³-hybridized carbons (Fsp3) is 0.364. The van der Waals surface area contributed by atoms with E-state index >= 15 is 0 Å². The zero-order valence-corrected chi connectivity index (χ0v) is 16.9. The van der Waals surface area contributed by atoms with E-state index in [9.17, 15) is 22.8 Å². The van der Waals surface area contributed by atoms with E-state index < -0.39 is 29.6 Å². The van der Waals surface area contributed by atoms with Crippen molar-refractivity contribution >= 4 is 28.8 Å². The normalized spacial score (nSPS) is 15.8. The lowest BCUT2D eigenvalue weighted by Gasteiger charge is -2.31. The zero-order valence-electron chi connectivity index (χ0n) is 16.1. The molecule has 0 aliphatic heterocycles. The molecule has 1 aliphatic rings. The van der Waals surface area contributed by atoms with E-state index in [2.05, 4.69) is 5.32 Å². The smallest absolute Gasteiger partial charge is 0.351 e. The van der Waals surface area contributed by atoms with Crippen LogP contribution in [0.1, 0.15) is 48.6 Å². The third-order valence-electron chi connectivity index (χ3n) is 5.09. The Morgan fingerprint density at radius 1 is 1.13 bits per heavy atom. The molecule has 158 valence electrons. The van der Waals surface area contributed by atoms with Crippen LogP contribution in [-0.2, 0) is 15.8 Å². The third kappa shape index (κ3) is 5.03. The molecule has 1 N–H and O–H groups in total. The van der Waals surface area contributed by atoms with Gasteiger partial charge in [0.15, 0.2) is 6.04 Å². The summed E-state index contributed by atoms with van der Waals surface area (Å²) in [6.45, 7) is 0. The lowest BCUT2D eigenvalue weighted by Crippen LogP contribution is -2.46. The Balaban J connectivity index is 1.97. The highest BCUT2D eigenvalue weighted by Crippen LogP contribution is 2.34. The fourth-order valence-electron chi connectivity index (χ4n) is 3.61. The van der Waals surface area contributed by atoms with Crippen LogP contribution >= 0.6 is 11.3 Å². The van der Waals surface area contributed by atoms with E-state index in [4.69, 9.17) is 6.42 Å². The summed E-state index contributed by atoms with van der Waals surface area (Å²) in [5.41, 5.74) is -0.721.